The van der Waals surface area contributed by atoms with Gasteiger partial charge in [-0.25, -0.2) is 14.8 Å². The molecule has 1 aromatic heterocycles. The molecule has 2 fully saturated rings. The SMILES string of the molecule is C=CCN1CC(=O)N2[C@@H](Cc3ccc(CP(=O)(O)O)cc3)C(=O)N(Cc3cccc4cccnc34)C[C@@H]2N1C(=O)NCc1ccccc1. The van der Waals surface area contributed by atoms with Crippen molar-refractivity contribution in [1.82, 2.24) is 30.1 Å². The summed E-state index contributed by atoms with van der Waals surface area (Å²) in [7, 11) is -4.26. The summed E-state index contributed by atoms with van der Waals surface area (Å²) in [5, 5.41) is 7.10. The fourth-order valence-electron chi connectivity index (χ4n) is 6.44. The molecule has 48 heavy (non-hydrogen) atoms. The number of nitrogens with one attached hydrogen (secondary N) is 1. The Hall–Kier alpha value is -4.87. The molecule has 3 N–H and O–H groups in total. The largest absolute Gasteiger partial charge is 0.334 e. The van der Waals surface area contributed by atoms with Crippen LogP contribution >= 0.6 is 7.60 Å². The molecular weight excluding hydrogens is 631 g/mol. The number of piperazine rings is 1. The Labute approximate surface area is 278 Å². The van der Waals surface area contributed by atoms with E-state index in [0.717, 1.165) is 22.0 Å². The quantitative estimate of drug-likeness (QED) is 0.172. The molecule has 4 aromatic rings. The maximum Gasteiger partial charge on any atom is 0.334 e. The van der Waals surface area contributed by atoms with Gasteiger partial charge in [-0.3, -0.25) is 19.1 Å². The molecular formula is C35H37N6O6P. The molecule has 3 aromatic carbocycles. The number of hydrogen-bond acceptors (Lipinski definition) is 6. The molecule has 3 heterocycles. The summed E-state index contributed by atoms with van der Waals surface area (Å²) in [5.74, 6) is -0.564. The van der Waals surface area contributed by atoms with Gasteiger partial charge in [-0.15, -0.1) is 6.58 Å². The molecule has 4 amide bonds. The third-order valence-corrected chi connectivity index (χ3v) is 9.36. The van der Waals surface area contributed by atoms with Gasteiger partial charge in [-0.1, -0.05) is 84.9 Å². The highest BCUT2D eigenvalue weighted by Gasteiger charge is 2.51. The van der Waals surface area contributed by atoms with Gasteiger partial charge in [0.25, 0.3) is 0 Å². The highest BCUT2D eigenvalue weighted by Crippen LogP contribution is 2.39. The van der Waals surface area contributed by atoms with Crippen molar-refractivity contribution >= 4 is 36.3 Å². The van der Waals surface area contributed by atoms with Gasteiger partial charge in [0.05, 0.1) is 24.8 Å². The molecule has 248 valence electrons. The molecule has 12 nitrogen and oxygen atoms in total. The minimum absolute atomic E-state index is 0.0674. The van der Waals surface area contributed by atoms with Crippen molar-refractivity contribution in [3.8, 4) is 0 Å². The lowest BCUT2D eigenvalue weighted by molar-refractivity contribution is -0.189. The molecule has 0 saturated carbocycles. The molecule has 0 spiro atoms. The number of urea groups is 1. The van der Waals surface area contributed by atoms with Crippen molar-refractivity contribution in [3.63, 3.8) is 0 Å². The van der Waals surface area contributed by atoms with E-state index in [9.17, 15) is 28.7 Å². The number of benzene rings is 3. The molecule has 0 unspecified atom stereocenters. The van der Waals surface area contributed by atoms with Crippen LogP contribution < -0.4 is 5.32 Å². The smallest absolute Gasteiger partial charge is 0.333 e. The first-order valence-corrected chi connectivity index (χ1v) is 17.4. The lowest BCUT2D eigenvalue weighted by atomic mass is 9.97. The fourth-order valence-corrected chi connectivity index (χ4v) is 7.13. The zero-order valence-corrected chi connectivity index (χ0v) is 27.2. The lowest BCUT2D eigenvalue weighted by Gasteiger charge is -2.55. The van der Waals surface area contributed by atoms with Crippen LogP contribution in [0.1, 0.15) is 22.3 Å². The standard InChI is InChI=1S/C35H37N6O6P/c1-2-18-39-23-32(42)40-30(19-25-13-15-27(16-14-25)24-48(45,46)47)34(43)38(21-29-11-6-10-28-12-7-17-36-33(28)29)22-31(40)41(39)35(44)37-20-26-8-4-3-5-9-26/h2-17,30-31H,1,18-24H2,(H,37,44)(H2,45,46,47)/t30-,31-/m0/s1. The van der Waals surface area contributed by atoms with Crippen molar-refractivity contribution in [2.45, 2.75) is 37.9 Å². The van der Waals surface area contributed by atoms with Gasteiger partial charge in [0.1, 0.15) is 12.2 Å². The van der Waals surface area contributed by atoms with E-state index in [-0.39, 0.29) is 51.0 Å². The number of rotatable bonds is 10. The van der Waals surface area contributed by atoms with Crippen molar-refractivity contribution in [2.75, 3.05) is 19.6 Å². The second kappa shape index (κ2) is 14.1. The third-order valence-electron chi connectivity index (χ3n) is 8.58. The van der Waals surface area contributed by atoms with E-state index in [2.05, 4.69) is 16.9 Å². The molecule has 2 aliphatic heterocycles. The van der Waals surface area contributed by atoms with E-state index in [1.165, 1.54) is 9.91 Å². The maximum absolute atomic E-state index is 14.4. The average molecular weight is 669 g/mol. The Morgan fingerprint density at radius 1 is 0.958 bits per heavy atom. The van der Waals surface area contributed by atoms with E-state index in [1.807, 2.05) is 60.7 Å². The van der Waals surface area contributed by atoms with Gasteiger partial charge >= 0.3 is 13.6 Å². The number of carbonyl (C=O) groups excluding carboxylic acids is 3. The third kappa shape index (κ3) is 7.32. The molecule has 0 radical (unpaired) electrons. The Morgan fingerprint density at radius 2 is 1.69 bits per heavy atom. The van der Waals surface area contributed by atoms with Gasteiger partial charge < -0.3 is 24.9 Å². The predicted octanol–water partition coefficient (Wildman–Crippen LogP) is 3.65. The summed E-state index contributed by atoms with van der Waals surface area (Å²) in [6, 6.07) is 24.4. The number of hydrazine groups is 1. The molecule has 13 heteroatoms. The monoisotopic (exact) mass is 668 g/mol. The molecule has 2 saturated heterocycles. The molecule has 2 aliphatic rings. The van der Waals surface area contributed by atoms with E-state index in [4.69, 9.17) is 0 Å². The normalized spacial score (nSPS) is 18.6. The first kappa shape index (κ1) is 33.0. The van der Waals surface area contributed by atoms with Gasteiger partial charge in [0.15, 0.2) is 0 Å². The zero-order valence-electron chi connectivity index (χ0n) is 26.3. The van der Waals surface area contributed by atoms with Crippen LogP contribution in [0.5, 0.6) is 0 Å². The second-order valence-corrected chi connectivity index (χ2v) is 13.6. The second-order valence-electron chi connectivity index (χ2n) is 12.0. The maximum atomic E-state index is 14.4. The summed E-state index contributed by atoms with van der Waals surface area (Å²) in [6.45, 7) is 4.50. The summed E-state index contributed by atoms with van der Waals surface area (Å²) < 4.78 is 11.5. The van der Waals surface area contributed by atoms with Crippen LogP contribution in [0.4, 0.5) is 4.79 Å². The lowest BCUT2D eigenvalue weighted by Crippen LogP contribution is -2.76. The summed E-state index contributed by atoms with van der Waals surface area (Å²) in [6.07, 6.45) is 2.26. The van der Waals surface area contributed by atoms with E-state index < -0.39 is 32.0 Å². The number of amides is 4. The minimum atomic E-state index is -4.26. The van der Waals surface area contributed by atoms with Crippen LogP contribution in [-0.4, -0.2) is 84.3 Å². The Morgan fingerprint density at radius 3 is 2.42 bits per heavy atom. The van der Waals surface area contributed by atoms with Gasteiger partial charge in [-0.05, 0) is 28.3 Å². The number of hydrogen-bond donors (Lipinski definition) is 3. The summed E-state index contributed by atoms with van der Waals surface area (Å²) in [4.78, 5) is 68.8. The molecule has 2 atom stereocenters. The van der Waals surface area contributed by atoms with Crippen LogP contribution in [0.15, 0.2) is 104 Å². The van der Waals surface area contributed by atoms with Crippen LogP contribution in [-0.2, 0) is 39.8 Å². The van der Waals surface area contributed by atoms with Crippen molar-refractivity contribution in [2.24, 2.45) is 0 Å². The highest BCUT2D eigenvalue weighted by atomic mass is 31.2. The Balaban J connectivity index is 1.36. The first-order chi connectivity index (χ1) is 23.1. The van der Waals surface area contributed by atoms with E-state index in [1.54, 1.807) is 46.4 Å². The average Bonchev–Trinajstić information content (AvgIpc) is 3.06. The Kier molecular flexibility index (Phi) is 9.70. The number of carbonyl (C=O) groups is 3. The first-order valence-electron chi connectivity index (χ1n) is 15.6. The van der Waals surface area contributed by atoms with Gasteiger partial charge in [0, 0.05) is 37.6 Å². The number of aromatic nitrogens is 1. The minimum Gasteiger partial charge on any atom is -0.333 e. The van der Waals surface area contributed by atoms with Gasteiger partial charge in [-0.2, -0.15) is 0 Å². The molecule has 0 bridgehead atoms. The summed E-state index contributed by atoms with van der Waals surface area (Å²) in [5.41, 5.74) is 3.67. The molecule has 0 aliphatic carbocycles. The van der Waals surface area contributed by atoms with Crippen LogP contribution in [0.25, 0.3) is 10.9 Å². The van der Waals surface area contributed by atoms with Crippen molar-refractivity contribution < 1.29 is 28.7 Å². The summed E-state index contributed by atoms with van der Waals surface area (Å²) >= 11 is 0. The fraction of sp³-hybridized carbons (Fsp3) is 0.257. The topological polar surface area (TPSA) is 147 Å². The number of fused-ring (bicyclic) bond motifs is 2. The van der Waals surface area contributed by atoms with Gasteiger partial charge in [0.2, 0.25) is 11.8 Å². The van der Waals surface area contributed by atoms with Crippen LogP contribution in [0.3, 0.4) is 0 Å². The highest BCUT2D eigenvalue weighted by molar-refractivity contribution is 7.50. The number of para-hydroxylation sites is 1. The number of pyridine rings is 1. The zero-order chi connectivity index (χ0) is 33.8. The Bertz CT molecular complexity index is 1860. The van der Waals surface area contributed by atoms with Crippen LogP contribution in [0, 0.1) is 0 Å². The number of nitrogens with zero attached hydrogens (tertiary/aromatic N) is 5. The van der Waals surface area contributed by atoms with E-state index in [0.29, 0.717) is 11.1 Å². The van der Waals surface area contributed by atoms with E-state index >= 15 is 0 Å². The van der Waals surface area contributed by atoms with Crippen LogP contribution in [0.2, 0.25) is 0 Å². The van der Waals surface area contributed by atoms with Crippen molar-refractivity contribution in [3.05, 3.63) is 126 Å². The predicted molar refractivity (Wildman–Crippen MR) is 180 cm³/mol. The van der Waals surface area contributed by atoms with Crippen molar-refractivity contribution in [1.29, 1.82) is 0 Å². The molecule has 6 rings (SSSR count).